The second-order valence-electron chi connectivity index (χ2n) is 12.7. The number of allylic oxidation sites excluding steroid dienone is 1. The predicted octanol–water partition coefficient (Wildman–Crippen LogP) is 8.89. The normalized spacial score (nSPS) is 13.7. The number of hydrogen-bond donors (Lipinski definition) is 3. The Kier molecular flexibility index (Phi) is 31.9. The molecule has 7 nitrogen and oxygen atoms in total. The number of unbranched alkanes of at least 4 members (excludes halogenated alkanes) is 19. The molecule has 0 aliphatic heterocycles. The van der Waals surface area contributed by atoms with Gasteiger partial charge in [-0.05, 0) is 38.5 Å². The third-order valence-corrected chi connectivity index (χ3v) is 8.20. The van der Waals surface area contributed by atoms with Crippen LogP contribution in [0.25, 0.3) is 0 Å². The topological polar surface area (TPSA) is 113 Å². The minimum absolute atomic E-state index is 0.152. The highest BCUT2D eigenvalue weighted by molar-refractivity contribution is 5.69. The van der Waals surface area contributed by atoms with Crippen LogP contribution < -0.4 is 0 Å². The summed E-state index contributed by atoms with van der Waals surface area (Å²) in [4.78, 5) is 23.9. The smallest absolute Gasteiger partial charge is 0.305 e. The molecule has 0 saturated heterocycles. The van der Waals surface area contributed by atoms with Crippen LogP contribution in [0.3, 0.4) is 0 Å². The van der Waals surface area contributed by atoms with Crippen molar-refractivity contribution < 1.29 is 34.4 Å². The van der Waals surface area contributed by atoms with Crippen LogP contribution in [0.5, 0.6) is 0 Å². The van der Waals surface area contributed by atoms with Crippen LogP contribution in [-0.4, -0.2) is 58.8 Å². The van der Waals surface area contributed by atoms with E-state index in [0.29, 0.717) is 25.7 Å². The first-order chi connectivity index (χ1) is 21.4. The van der Waals surface area contributed by atoms with Crippen molar-refractivity contribution in [3.05, 3.63) is 12.2 Å². The quantitative estimate of drug-likeness (QED) is 0.0379. The van der Waals surface area contributed by atoms with Crippen molar-refractivity contribution in [2.75, 3.05) is 13.2 Å². The van der Waals surface area contributed by atoms with Gasteiger partial charge in [-0.15, -0.1) is 0 Å². The molecule has 0 aromatic carbocycles. The van der Waals surface area contributed by atoms with Crippen molar-refractivity contribution in [2.45, 2.75) is 199 Å². The molecule has 0 aliphatic rings. The molecule has 0 spiro atoms. The van der Waals surface area contributed by atoms with Crippen LogP contribution >= 0.6 is 0 Å². The summed E-state index contributed by atoms with van der Waals surface area (Å²) in [6.45, 7) is 4.11. The second-order valence-corrected chi connectivity index (χ2v) is 12.7. The lowest BCUT2D eigenvalue weighted by Crippen LogP contribution is -2.25. The number of ether oxygens (including phenoxy) is 2. The molecule has 7 heteroatoms. The van der Waals surface area contributed by atoms with E-state index >= 15 is 0 Å². The lowest BCUT2D eigenvalue weighted by molar-refractivity contribution is -0.152. The van der Waals surface area contributed by atoms with Crippen molar-refractivity contribution in [1.82, 2.24) is 0 Å². The van der Waals surface area contributed by atoms with Crippen LogP contribution in [0.15, 0.2) is 12.2 Å². The van der Waals surface area contributed by atoms with Gasteiger partial charge in [-0.1, -0.05) is 142 Å². The van der Waals surface area contributed by atoms with Crippen LogP contribution in [-0.2, 0) is 19.1 Å². The van der Waals surface area contributed by atoms with Gasteiger partial charge in [-0.2, -0.15) is 0 Å². The predicted molar refractivity (Wildman–Crippen MR) is 180 cm³/mol. The Bertz CT molecular complexity index is 666. The van der Waals surface area contributed by atoms with Gasteiger partial charge in [0.05, 0.1) is 12.2 Å². The number of rotatable bonds is 33. The van der Waals surface area contributed by atoms with Crippen LogP contribution in [0, 0.1) is 0 Å². The van der Waals surface area contributed by atoms with E-state index in [1.807, 2.05) is 6.08 Å². The maximum absolute atomic E-state index is 11.9. The molecule has 44 heavy (non-hydrogen) atoms. The highest BCUT2D eigenvalue weighted by atomic mass is 16.6. The zero-order valence-electron chi connectivity index (χ0n) is 28.7. The molecule has 3 N–H and O–H groups in total. The van der Waals surface area contributed by atoms with Gasteiger partial charge < -0.3 is 24.8 Å². The highest BCUT2D eigenvalue weighted by Gasteiger charge is 2.14. The summed E-state index contributed by atoms with van der Waals surface area (Å²) in [5, 5.41) is 30.2. The molecule has 0 amide bonds. The monoisotopic (exact) mass is 627 g/mol. The molecule has 0 bridgehead atoms. The number of esters is 2. The van der Waals surface area contributed by atoms with Gasteiger partial charge in [0.1, 0.15) is 19.3 Å². The Labute approximate surface area is 270 Å². The van der Waals surface area contributed by atoms with Crippen LogP contribution in [0.1, 0.15) is 181 Å². The summed E-state index contributed by atoms with van der Waals surface area (Å²) in [6, 6.07) is 0. The summed E-state index contributed by atoms with van der Waals surface area (Å²) in [6.07, 6.45) is 28.6. The highest BCUT2D eigenvalue weighted by Crippen LogP contribution is 2.14. The van der Waals surface area contributed by atoms with Gasteiger partial charge >= 0.3 is 11.9 Å². The Morgan fingerprint density at radius 1 is 0.523 bits per heavy atom. The van der Waals surface area contributed by atoms with E-state index in [-0.39, 0.29) is 31.6 Å². The second kappa shape index (κ2) is 32.9. The molecule has 0 unspecified atom stereocenters. The minimum Gasteiger partial charge on any atom is -0.463 e. The SMILES string of the molecule is CCCCC/C=C\C[C@@H](O)[C@H](O)CCCCCCCC(=O)OC[C@@H](O)COC(=O)CCCCCCCCCCCCCCC. The van der Waals surface area contributed by atoms with Gasteiger partial charge in [0.25, 0.3) is 0 Å². The summed E-state index contributed by atoms with van der Waals surface area (Å²) >= 11 is 0. The van der Waals surface area contributed by atoms with Crippen molar-refractivity contribution in [2.24, 2.45) is 0 Å². The molecule has 0 saturated carbocycles. The average Bonchev–Trinajstić information content (AvgIpc) is 3.02. The molecule has 0 aromatic heterocycles. The van der Waals surface area contributed by atoms with Gasteiger partial charge in [-0.25, -0.2) is 0 Å². The van der Waals surface area contributed by atoms with E-state index in [9.17, 15) is 24.9 Å². The molecule has 0 fully saturated rings. The van der Waals surface area contributed by atoms with E-state index in [0.717, 1.165) is 51.4 Å². The van der Waals surface area contributed by atoms with E-state index < -0.39 is 18.3 Å². The Morgan fingerprint density at radius 2 is 0.932 bits per heavy atom. The molecule has 0 aromatic rings. The molecular weight excluding hydrogens is 556 g/mol. The number of aliphatic hydroxyl groups is 3. The van der Waals surface area contributed by atoms with Crippen LogP contribution in [0.2, 0.25) is 0 Å². The van der Waals surface area contributed by atoms with Crippen molar-refractivity contribution in [1.29, 1.82) is 0 Å². The minimum atomic E-state index is -1.01. The zero-order valence-corrected chi connectivity index (χ0v) is 28.7. The molecular formula is C37H70O7. The average molecular weight is 627 g/mol. The van der Waals surface area contributed by atoms with Crippen molar-refractivity contribution >= 4 is 11.9 Å². The fraction of sp³-hybridized carbons (Fsp3) is 0.892. The standard InChI is InChI=1S/C37H70O7/c1-3-5-7-9-11-12-13-14-15-16-17-21-25-29-36(41)43-31-33(38)32-44-37(42)30-26-22-18-20-24-28-35(40)34(39)27-23-19-10-8-6-4-2/h19,23,33-35,38-40H,3-18,20-22,24-32H2,1-2H3/b23-19-/t33-,34+,35+/m0/s1. The molecule has 0 rings (SSSR count). The first-order valence-corrected chi connectivity index (χ1v) is 18.4. The van der Waals surface area contributed by atoms with Crippen molar-refractivity contribution in [3.8, 4) is 0 Å². The first kappa shape index (κ1) is 42.6. The Hall–Kier alpha value is -1.44. The Morgan fingerprint density at radius 3 is 1.41 bits per heavy atom. The van der Waals surface area contributed by atoms with E-state index in [1.54, 1.807) is 0 Å². The number of aliphatic hydroxyl groups excluding tert-OH is 3. The van der Waals surface area contributed by atoms with Gasteiger partial charge in [0.15, 0.2) is 0 Å². The van der Waals surface area contributed by atoms with E-state index in [4.69, 9.17) is 9.47 Å². The molecule has 0 radical (unpaired) electrons. The fourth-order valence-electron chi connectivity index (χ4n) is 5.23. The van der Waals surface area contributed by atoms with Gasteiger partial charge in [0.2, 0.25) is 0 Å². The zero-order chi connectivity index (χ0) is 32.5. The number of carbonyl (C=O) groups is 2. The molecule has 3 atom stereocenters. The summed E-state index contributed by atoms with van der Waals surface area (Å²) in [7, 11) is 0. The van der Waals surface area contributed by atoms with Gasteiger partial charge in [0, 0.05) is 12.8 Å². The molecule has 0 heterocycles. The number of carbonyl (C=O) groups excluding carboxylic acids is 2. The maximum atomic E-state index is 11.9. The maximum Gasteiger partial charge on any atom is 0.305 e. The summed E-state index contributed by atoms with van der Waals surface area (Å²) in [5.41, 5.74) is 0. The number of hydrogen-bond acceptors (Lipinski definition) is 7. The third-order valence-electron chi connectivity index (χ3n) is 8.20. The largest absolute Gasteiger partial charge is 0.463 e. The molecule has 260 valence electrons. The first-order valence-electron chi connectivity index (χ1n) is 18.4. The van der Waals surface area contributed by atoms with Gasteiger partial charge in [-0.3, -0.25) is 9.59 Å². The lowest BCUT2D eigenvalue weighted by atomic mass is 10.0. The Balaban J connectivity index is 3.56. The van der Waals surface area contributed by atoms with E-state index in [1.165, 1.54) is 83.5 Å². The van der Waals surface area contributed by atoms with E-state index in [2.05, 4.69) is 19.9 Å². The molecule has 0 aliphatic carbocycles. The fourth-order valence-corrected chi connectivity index (χ4v) is 5.23. The lowest BCUT2D eigenvalue weighted by Gasteiger charge is -2.16. The summed E-state index contributed by atoms with van der Waals surface area (Å²) in [5.74, 6) is -0.668. The third kappa shape index (κ3) is 30.6. The van der Waals surface area contributed by atoms with Crippen molar-refractivity contribution in [3.63, 3.8) is 0 Å². The van der Waals surface area contributed by atoms with Crippen LogP contribution in [0.4, 0.5) is 0 Å². The summed E-state index contributed by atoms with van der Waals surface area (Å²) < 4.78 is 10.2.